The van der Waals surface area contributed by atoms with E-state index in [0.29, 0.717) is 0 Å². The highest BCUT2D eigenvalue weighted by atomic mass is 79.9. The molecule has 9 fully saturated rings. The van der Waals surface area contributed by atoms with Gasteiger partial charge in [0, 0.05) is 9.65 Å². The number of hydrogen-bond donors (Lipinski definition) is 0. The third-order valence-corrected chi connectivity index (χ3v) is 9.65. The summed E-state index contributed by atoms with van der Waals surface area (Å²) in [6, 6.07) is 0. The van der Waals surface area contributed by atoms with Crippen LogP contribution < -0.4 is 0 Å². The first-order valence-corrected chi connectivity index (χ1v) is 8.90. The number of halogens is 2. The van der Waals surface area contributed by atoms with Gasteiger partial charge in [0.1, 0.15) is 0 Å². The molecule has 0 nitrogen and oxygen atoms in total. The topological polar surface area (TPSA) is 0 Å². The fraction of sp³-hybridized carbons (Fsp3) is 1.00. The highest BCUT2D eigenvalue weighted by molar-refractivity contribution is 9.09. The van der Waals surface area contributed by atoms with Crippen molar-refractivity contribution >= 4 is 31.9 Å². The van der Waals surface area contributed by atoms with Crippen molar-refractivity contribution in [3.05, 3.63) is 0 Å². The van der Waals surface area contributed by atoms with Crippen molar-refractivity contribution in [2.24, 2.45) is 47.3 Å². The zero-order valence-corrected chi connectivity index (χ0v) is 12.5. The minimum absolute atomic E-state index is 0.882. The standard InChI is InChI=1S/C14H18Br2/c15-13-7-3-1-5-9-8-4-2-6(10(7)9)12(11(5)13)14(8)16/h5-14H,1-4H2. The Morgan fingerprint density at radius 2 is 0.875 bits per heavy atom. The lowest BCUT2D eigenvalue weighted by atomic mass is 9.32. The maximum atomic E-state index is 4.08. The molecule has 0 N–H and O–H groups in total. The molecule has 0 radical (unpaired) electrons. The van der Waals surface area contributed by atoms with Gasteiger partial charge < -0.3 is 0 Å². The van der Waals surface area contributed by atoms with Gasteiger partial charge >= 0.3 is 0 Å². The van der Waals surface area contributed by atoms with Gasteiger partial charge in [-0.2, -0.15) is 0 Å². The second kappa shape index (κ2) is 2.92. The number of alkyl halides is 2. The van der Waals surface area contributed by atoms with E-state index in [0.717, 1.165) is 57.0 Å². The van der Waals surface area contributed by atoms with Crippen LogP contribution in [0.3, 0.4) is 0 Å². The number of hydrogen-bond acceptors (Lipinski definition) is 0. The third kappa shape index (κ3) is 0.839. The molecule has 10 unspecified atom stereocenters. The highest BCUT2D eigenvalue weighted by Crippen LogP contribution is 2.75. The second-order valence-electron chi connectivity index (χ2n) is 7.01. The Balaban J connectivity index is 1.72. The monoisotopic (exact) mass is 344 g/mol. The third-order valence-electron chi connectivity index (χ3n) is 7.08. The normalized spacial score (nSPS) is 73.9. The van der Waals surface area contributed by atoms with Crippen LogP contribution in [0.2, 0.25) is 0 Å². The van der Waals surface area contributed by atoms with Crippen molar-refractivity contribution < 1.29 is 0 Å². The summed E-state index contributed by atoms with van der Waals surface area (Å²) < 4.78 is 0. The Morgan fingerprint density at radius 3 is 1.31 bits per heavy atom. The minimum atomic E-state index is 0.882. The van der Waals surface area contributed by atoms with E-state index in [9.17, 15) is 0 Å². The largest absolute Gasteiger partial charge is 0.0884 e. The van der Waals surface area contributed by atoms with E-state index in [4.69, 9.17) is 0 Å². The first kappa shape index (κ1) is 9.83. The quantitative estimate of drug-likeness (QED) is 0.580. The summed E-state index contributed by atoms with van der Waals surface area (Å²) in [6.07, 6.45) is 6.22. The molecular formula is C14H18Br2. The van der Waals surface area contributed by atoms with E-state index >= 15 is 0 Å². The van der Waals surface area contributed by atoms with Crippen molar-refractivity contribution in [2.45, 2.75) is 35.3 Å². The molecule has 9 saturated carbocycles. The van der Waals surface area contributed by atoms with Crippen molar-refractivity contribution in [3.8, 4) is 0 Å². The van der Waals surface area contributed by atoms with Crippen LogP contribution in [0.15, 0.2) is 0 Å². The molecule has 0 aromatic rings. The molecule has 2 heteroatoms. The summed E-state index contributed by atoms with van der Waals surface area (Å²) in [6.45, 7) is 0. The van der Waals surface area contributed by atoms with Gasteiger partial charge in [-0.1, -0.05) is 31.9 Å². The average Bonchev–Trinajstić information content (AvgIpc) is 2.29. The van der Waals surface area contributed by atoms with E-state index in [1.807, 2.05) is 0 Å². The Bertz CT molecular complexity index is 313. The van der Waals surface area contributed by atoms with Crippen LogP contribution in [0.4, 0.5) is 0 Å². The maximum absolute atomic E-state index is 4.08. The summed E-state index contributed by atoms with van der Waals surface area (Å²) in [5.74, 6) is 8.68. The smallest absolute Gasteiger partial charge is 0.0211 e. The number of fused-ring (bicyclic) bond motifs is 2. The molecule has 9 rings (SSSR count). The predicted molar refractivity (Wildman–Crippen MR) is 71.8 cm³/mol. The van der Waals surface area contributed by atoms with E-state index in [-0.39, 0.29) is 0 Å². The van der Waals surface area contributed by atoms with Crippen LogP contribution in [-0.2, 0) is 0 Å². The second-order valence-corrected chi connectivity index (χ2v) is 9.12. The van der Waals surface area contributed by atoms with Gasteiger partial charge in [0.25, 0.3) is 0 Å². The number of rotatable bonds is 0. The summed E-state index contributed by atoms with van der Waals surface area (Å²) in [5.41, 5.74) is 0. The van der Waals surface area contributed by atoms with E-state index in [1.165, 1.54) is 0 Å². The first-order chi connectivity index (χ1) is 7.79. The van der Waals surface area contributed by atoms with Gasteiger partial charge in [-0.05, 0) is 73.0 Å². The average molecular weight is 346 g/mol. The Morgan fingerprint density at radius 1 is 0.500 bits per heavy atom. The Labute approximate surface area is 114 Å². The van der Waals surface area contributed by atoms with Crippen LogP contribution in [0.5, 0.6) is 0 Å². The van der Waals surface area contributed by atoms with E-state index in [2.05, 4.69) is 31.9 Å². The fourth-order valence-corrected chi connectivity index (χ4v) is 9.72. The summed E-state index contributed by atoms with van der Waals surface area (Å²) in [4.78, 5) is 1.76. The summed E-state index contributed by atoms with van der Waals surface area (Å²) in [7, 11) is 0. The molecule has 0 heterocycles. The lowest BCUT2D eigenvalue weighted by molar-refractivity contribution is -0.228. The Kier molecular flexibility index (Phi) is 1.80. The molecule has 0 saturated heterocycles. The molecule has 9 aliphatic rings. The molecule has 0 aliphatic heterocycles. The van der Waals surface area contributed by atoms with Gasteiger partial charge in [-0.3, -0.25) is 0 Å². The predicted octanol–water partition coefficient (Wildman–Crippen LogP) is 4.07. The zero-order valence-electron chi connectivity index (χ0n) is 9.36. The van der Waals surface area contributed by atoms with E-state index < -0.39 is 0 Å². The highest BCUT2D eigenvalue weighted by Gasteiger charge is 2.71. The molecule has 0 spiro atoms. The first-order valence-electron chi connectivity index (χ1n) is 7.07. The molecule has 8 bridgehead atoms. The molecule has 9 aliphatic carbocycles. The molecule has 0 amide bonds. The van der Waals surface area contributed by atoms with Crippen molar-refractivity contribution in [2.75, 3.05) is 0 Å². The molecule has 0 aromatic heterocycles. The summed E-state index contributed by atoms with van der Waals surface area (Å²) in [5, 5.41) is 0. The fourth-order valence-electron chi connectivity index (χ4n) is 7.00. The maximum Gasteiger partial charge on any atom is 0.0211 e. The van der Waals surface area contributed by atoms with Crippen LogP contribution in [0, 0.1) is 47.3 Å². The lowest BCUT2D eigenvalue weighted by Crippen LogP contribution is -2.73. The van der Waals surface area contributed by atoms with Crippen molar-refractivity contribution in [1.29, 1.82) is 0 Å². The van der Waals surface area contributed by atoms with Crippen LogP contribution >= 0.6 is 31.9 Å². The molecule has 88 valence electrons. The SMILES string of the molecule is BrC1C2CCC3C1C1C(Br)C4CCC1C2C43. The molecule has 10 atom stereocenters. The minimum Gasteiger partial charge on any atom is -0.0884 e. The Hall–Kier alpha value is 0.960. The van der Waals surface area contributed by atoms with Gasteiger partial charge in [0.2, 0.25) is 0 Å². The molecule has 0 aromatic carbocycles. The van der Waals surface area contributed by atoms with Crippen LogP contribution in [-0.4, -0.2) is 9.65 Å². The van der Waals surface area contributed by atoms with E-state index in [1.54, 1.807) is 25.7 Å². The van der Waals surface area contributed by atoms with Gasteiger partial charge in [-0.15, -0.1) is 0 Å². The lowest BCUT2D eigenvalue weighted by Gasteiger charge is -2.75. The van der Waals surface area contributed by atoms with Crippen molar-refractivity contribution in [3.63, 3.8) is 0 Å². The van der Waals surface area contributed by atoms with Crippen molar-refractivity contribution in [1.82, 2.24) is 0 Å². The summed E-state index contributed by atoms with van der Waals surface area (Å²) >= 11 is 8.16. The molecular weight excluding hydrogens is 328 g/mol. The van der Waals surface area contributed by atoms with Gasteiger partial charge in [0.05, 0.1) is 0 Å². The zero-order chi connectivity index (χ0) is 10.6. The van der Waals surface area contributed by atoms with Crippen LogP contribution in [0.25, 0.3) is 0 Å². The molecule has 16 heavy (non-hydrogen) atoms. The van der Waals surface area contributed by atoms with Gasteiger partial charge in [0.15, 0.2) is 0 Å². The van der Waals surface area contributed by atoms with Crippen LogP contribution in [0.1, 0.15) is 25.7 Å². The van der Waals surface area contributed by atoms with Gasteiger partial charge in [-0.25, -0.2) is 0 Å².